The maximum atomic E-state index is 5.91. The summed E-state index contributed by atoms with van der Waals surface area (Å²) in [7, 11) is 0. The summed E-state index contributed by atoms with van der Waals surface area (Å²) >= 11 is 5.23. The predicted octanol–water partition coefficient (Wildman–Crippen LogP) is 3.24. The minimum atomic E-state index is 0.242. The summed E-state index contributed by atoms with van der Waals surface area (Å²) in [4.78, 5) is 0. The van der Waals surface area contributed by atoms with Crippen molar-refractivity contribution in [1.29, 1.82) is 0 Å². The zero-order chi connectivity index (χ0) is 18.0. The molecule has 2 aromatic carbocycles. The molecule has 0 radical (unpaired) electrons. The predicted molar refractivity (Wildman–Crippen MR) is 108 cm³/mol. The number of rotatable bonds is 7. The van der Waals surface area contributed by atoms with E-state index in [0.717, 1.165) is 36.3 Å². The molecule has 1 atom stereocenters. The average Bonchev–Trinajstić information content (AvgIpc) is 3.20. The molecule has 1 saturated heterocycles. The largest absolute Gasteiger partial charge is 0.488 e. The molecule has 5 nitrogen and oxygen atoms in total. The fraction of sp³-hybridized carbons (Fsp3) is 0.300. The minimum absolute atomic E-state index is 0.242. The number of benzene rings is 2. The number of para-hydroxylation sites is 1. The van der Waals surface area contributed by atoms with Crippen LogP contribution in [0.2, 0.25) is 0 Å². The first-order valence-electron chi connectivity index (χ1n) is 8.75. The standard InChI is InChI=1S/C20H23N3O2S/c26-20(21-14-18-10-6-12-24-18)23-22-13-17-9-4-5-11-19(17)25-15-16-7-2-1-3-8-16/h1-5,7-9,11,13,18H,6,10,12,14-15H2,(H2,21,23,26)/b22-13-/t18-/m0/s1. The Kier molecular flexibility index (Phi) is 6.98. The van der Waals surface area contributed by atoms with Crippen LogP contribution in [-0.2, 0) is 11.3 Å². The minimum Gasteiger partial charge on any atom is -0.488 e. The van der Waals surface area contributed by atoms with Crippen molar-refractivity contribution in [1.82, 2.24) is 10.7 Å². The summed E-state index contributed by atoms with van der Waals surface area (Å²) in [6, 6.07) is 17.8. The highest BCUT2D eigenvalue weighted by Gasteiger charge is 2.14. The Balaban J connectivity index is 1.49. The van der Waals surface area contributed by atoms with Crippen molar-refractivity contribution in [2.24, 2.45) is 5.10 Å². The highest BCUT2D eigenvalue weighted by atomic mass is 32.1. The molecule has 0 aromatic heterocycles. The van der Waals surface area contributed by atoms with Crippen molar-refractivity contribution in [2.75, 3.05) is 13.2 Å². The monoisotopic (exact) mass is 369 g/mol. The van der Waals surface area contributed by atoms with E-state index in [1.165, 1.54) is 0 Å². The molecule has 6 heteroatoms. The maximum absolute atomic E-state index is 5.91. The first-order chi connectivity index (χ1) is 12.8. The normalized spacial score (nSPS) is 16.5. The number of hydrogen-bond acceptors (Lipinski definition) is 4. The Morgan fingerprint density at radius 2 is 2.00 bits per heavy atom. The number of hydrazone groups is 1. The molecular formula is C20H23N3O2S. The summed E-state index contributed by atoms with van der Waals surface area (Å²) in [6.07, 6.45) is 4.14. The summed E-state index contributed by atoms with van der Waals surface area (Å²) in [6.45, 7) is 2.06. The van der Waals surface area contributed by atoms with E-state index in [-0.39, 0.29) is 6.10 Å². The van der Waals surface area contributed by atoms with Crippen LogP contribution in [0.4, 0.5) is 0 Å². The lowest BCUT2D eigenvalue weighted by molar-refractivity contribution is 0.114. The van der Waals surface area contributed by atoms with Crippen molar-refractivity contribution in [3.8, 4) is 5.75 Å². The zero-order valence-corrected chi connectivity index (χ0v) is 15.4. The van der Waals surface area contributed by atoms with Crippen LogP contribution in [0, 0.1) is 0 Å². The average molecular weight is 369 g/mol. The van der Waals surface area contributed by atoms with Crippen LogP contribution in [0.1, 0.15) is 24.0 Å². The number of thiocarbonyl (C=S) groups is 1. The van der Waals surface area contributed by atoms with Gasteiger partial charge in [0.2, 0.25) is 0 Å². The van der Waals surface area contributed by atoms with Gasteiger partial charge in [-0.2, -0.15) is 5.10 Å². The molecule has 1 aliphatic heterocycles. The summed E-state index contributed by atoms with van der Waals surface area (Å²) in [5, 5.41) is 7.81. The quantitative estimate of drug-likeness (QED) is 0.446. The van der Waals surface area contributed by atoms with Gasteiger partial charge in [-0.25, -0.2) is 0 Å². The van der Waals surface area contributed by atoms with Gasteiger partial charge >= 0.3 is 0 Å². The second-order valence-electron chi connectivity index (χ2n) is 6.03. The van der Waals surface area contributed by atoms with Gasteiger partial charge in [-0.1, -0.05) is 42.5 Å². The van der Waals surface area contributed by atoms with Crippen molar-refractivity contribution < 1.29 is 9.47 Å². The van der Waals surface area contributed by atoms with E-state index in [1.807, 2.05) is 54.6 Å². The van der Waals surface area contributed by atoms with Gasteiger partial charge in [0.1, 0.15) is 12.4 Å². The first kappa shape index (κ1) is 18.4. The van der Waals surface area contributed by atoms with Crippen molar-refractivity contribution >= 4 is 23.5 Å². The third-order valence-electron chi connectivity index (χ3n) is 4.04. The van der Waals surface area contributed by atoms with E-state index < -0.39 is 0 Å². The van der Waals surface area contributed by atoms with Crippen LogP contribution < -0.4 is 15.5 Å². The van der Waals surface area contributed by atoms with Crippen LogP contribution in [-0.4, -0.2) is 30.6 Å². The Labute approximate surface area is 159 Å². The van der Waals surface area contributed by atoms with Crippen LogP contribution in [0.3, 0.4) is 0 Å². The van der Waals surface area contributed by atoms with Gasteiger partial charge in [-0.3, -0.25) is 5.43 Å². The van der Waals surface area contributed by atoms with Gasteiger partial charge in [0, 0.05) is 18.7 Å². The fourth-order valence-electron chi connectivity index (χ4n) is 2.67. The molecule has 0 unspecified atom stereocenters. The lowest BCUT2D eigenvalue weighted by atomic mass is 10.2. The highest BCUT2D eigenvalue weighted by molar-refractivity contribution is 7.80. The Hall–Kier alpha value is -2.44. The molecule has 0 amide bonds. The molecule has 2 aromatic rings. The van der Waals surface area contributed by atoms with Crippen molar-refractivity contribution in [3.05, 3.63) is 65.7 Å². The van der Waals surface area contributed by atoms with Gasteiger partial charge in [-0.05, 0) is 42.8 Å². The third kappa shape index (κ3) is 5.82. The first-order valence-corrected chi connectivity index (χ1v) is 9.16. The molecule has 26 heavy (non-hydrogen) atoms. The van der Waals surface area contributed by atoms with Crippen LogP contribution in [0.5, 0.6) is 5.75 Å². The molecule has 0 bridgehead atoms. The molecule has 2 N–H and O–H groups in total. The second kappa shape index (κ2) is 9.89. The SMILES string of the molecule is S=C(NC[C@@H]1CCCO1)N/N=C\c1ccccc1OCc1ccccc1. The van der Waals surface area contributed by atoms with Crippen LogP contribution in [0.25, 0.3) is 0 Å². The fourth-order valence-corrected chi connectivity index (χ4v) is 2.80. The lowest BCUT2D eigenvalue weighted by Crippen LogP contribution is -2.37. The van der Waals surface area contributed by atoms with Gasteiger partial charge < -0.3 is 14.8 Å². The topological polar surface area (TPSA) is 54.9 Å². The molecule has 1 aliphatic rings. The van der Waals surface area contributed by atoms with E-state index in [1.54, 1.807) is 6.21 Å². The summed E-state index contributed by atoms with van der Waals surface area (Å²) in [5.41, 5.74) is 4.84. The molecule has 0 aliphatic carbocycles. The maximum Gasteiger partial charge on any atom is 0.187 e. The van der Waals surface area contributed by atoms with Crippen LogP contribution in [0.15, 0.2) is 59.7 Å². The molecule has 1 heterocycles. The van der Waals surface area contributed by atoms with E-state index in [9.17, 15) is 0 Å². The number of nitrogens with zero attached hydrogens (tertiary/aromatic N) is 1. The number of hydrogen-bond donors (Lipinski definition) is 2. The van der Waals surface area contributed by atoms with E-state index >= 15 is 0 Å². The zero-order valence-electron chi connectivity index (χ0n) is 14.6. The molecule has 1 fully saturated rings. The second-order valence-corrected chi connectivity index (χ2v) is 6.44. The number of ether oxygens (including phenoxy) is 2. The van der Waals surface area contributed by atoms with Gasteiger partial charge in [0.05, 0.1) is 12.3 Å². The van der Waals surface area contributed by atoms with E-state index in [0.29, 0.717) is 18.3 Å². The molecule has 0 spiro atoms. The van der Waals surface area contributed by atoms with Crippen molar-refractivity contribution in [2.45, 2.75) is 25.6 Å². The lowest BCUT2D eigenvalue weighted by Gasteiger charge is -2.12. The van der Waals surface area contributed by atoms with Gasteiger partial charge in [0.15, 0.2) is 5.11 Å². The number of nitrogens with one attached hydrogen (secondary N) is 2. The third-order valence-corrected chi connectivity index (χ3v) is 4.28. The van der Waals surface area contributed by atoms with Crippen molar-refractivity contribution in [3.63, 3.8) is 0 Å². The highest BCUT2D eigenvalue weighted by Crippen LogP contribution is 2.17. The van der Waals surface area contributed by atoms with E-state index in [4.69, 9.17) is 21.7 Å². The molecule has 0 saturated carbocycles. The molecule has 136 valence electrons. The summed E-state index contributed by atoms with van der Waals surface area (Å²) in [5.74, 6) is 0.778. The van der Waals surface area contributed by atoms with Gasteiger partial charge in [-0.15, -0.1) is 0 Å². The molecular weight excluding hydrogens is 346 g/mol. The van der Waals surface area contributed by atoms with Crippen LogP contribution >= 0.6 is 12.2 Å². The Bertz CT molecular complexity index is 731. The smallest absolute Gasteiger partial charge is 0.187 e. The Morgan fingerprint density at radius 3 is 2.81 bits per heavy atom. The Morgan fingerprint density at radius 1 is 1.19 bits per heavy atom. The van der Waals surface area contributed by atoms with Gasteiger partial charge in [0.25, 0.3) is 0 Å². The van der Waals surface area contributed by atoms with E-state index in [2.05, 4.69) is 15.8 Å². The molecule has 3 rings (SSSR count). The summed E-state index contributed by atoms with van der Waals surface area (Å²) < 4.78 is 11.5.